The largest absolute Gasteiger partial charge is 0.340 e. The normalized spacial score (nSPS) is 10.7. The molecule has 2 aromatic carbocycles. The summed E-state index contributed by atoms with van der Waals surface area (Å²) in [5, 5.41) is 4.43. The number of halogens is 2. The van der Waals surface area contributed by atoms with Crippen molar-refractivity contribution in [2.75, 3.05) is 5.32 Å². The minimum atomic E-state index is 0.281. The zero-order chi connectivity index (χ0) is 17.1. The van der Waals surface area contributed by atoms with E-state index in [1.54, 1.807) is 12.1 Å². The topological polar surface area (TPSA) is 63.8 Å². The van der Waals surface area contributed by atoms with Gasteiger partial charge in [-0.25, -0.2) is 9.97 Å². The molecular formula is C18H16Cl2N4. The van der Waals surface area contributed by atoms with E-state index < -0.39 is 0 Å². The maximum Gasteiger partial charge on any atom is 0.138 e. The van der Waals surface area contributed by atoms with Gasteiger partial charge in [-0.2, -0.15) is 0 Å². The highest BCUT2D eigenvalue weighted by molar-refractivity contribution is 6.36. The standard InChI is InChI=1S/C18H16Cl2N4/c1-11-4-2-3-5-16(11)24-18-14(9-21)17(22-10-23-18)13-7-6-12(19)8-15(13)20/h2-8,10H,9,21H2,1H3,(H,22,23,24). The third-order valence-corrected chi connectivity index (χ3v) is 4.28. The molecule has 0 saturated heterocycles. The van der Waals surface area contributed by atoms with Crippen LogP contribution >= 0.6 is 23.2 Å². The average molecular weight is 359 g/mol. The molecule has 0 aliphatic carbocycles. The van der Waals surface area contributed by atoms with E-state index in [2.05, 4.69) is 15.3 Å². The van der Waals surface area contributed by atoms with Crippen molar-refractivity contribution >= 4 is 34.7 Å². The number of aromatic nitrogens is 2. The summed E-state index contributed by atoms with van der Waals surface area (Å²) < 4.78 is 0. The number of nitrogens with zero attached hydrogens (tertiary/aromatic N) is 2. The first kappa shape index (κ1) is 16.7. The highest BCUT2D eigenvalue weighted by atomic mass is 35.5. The lowest BCUT2D eigenvalue weighted by atomic mass is 10.1. The average Bonchev–Trinajstić information content (AvgIpc) is 2.57. The Morgan fingerprint density at radius 3 is 2.58 bits per heavy atom. The maximum atomic E-state index is 6.32. The predicted octanol–water partition coefficient (Wildman–Crippen LogP) is 4.96. The third kappa shape index (κ3) is 3.36. The molecule has 3 N–H and O–H groups in total. The van der Waals surface area contributed by atoms with Gasteiger partial charge in [0.1, 0.15) is 12.1 Å². The highest BCUT2D eigenvalue weighted by Crippen LogP contribution is 2.33. The molecule has 0 aliphatic rings. The van der Waals surface area contributed by atoms with E-state index in [9.17, 15) is 0 Å². The number of anilines is 2. The zero-order valence-electron chi connectivity index (χ0n) is 13.1. The number of nitrogens with one attached hydrogen (secondary N) is 1. The summed E-state index contributed by atoms with van der Waals surface area (Å²) in [6.07, 6.45) is 1.50. The van der Waals surface area contributed by atoms with Crippen molar-refractivity contribution in [3.63, 3.8) is 0 Å². The number of benzene rings is 2. The van der Waals surface area contributed by atoms with Crippen LogP contribution in [0.5, 0.6) is 0 Å². The maximum absolute atomic E-state index is 6.32. The van der Waals surface area contributed by atoms with Crippen LogP contribution in [0.4, 0.5) is 11.5 Å². The minimum absolute atomic E-state index is 0.281. The lowest BCUT2D eigenvalue weighted by molar-refractivity contribution is 1.02. The van der Waals surface area contributed by atoms with E-state index in [0.717, 1.165) is 22.4 Å². The fraction of sp³-hybridized carbons (Fsp3) is 0.111. The monoisotopic (exact) mass is 358 g/mol. The first-order valence-corrected chi connectivity index (χ1v) is 8.17. The highest BCUT2D eigenvalue weighted by Gasteiger charge is 2.15. The van der Waals surface area contributed by atoms with Gasteiger partial charge in [0.2, 0.25) is 0 Å². The second-order valence-electron chi connectivity index (χ2n) is 5.32. The second-order valence-corrected chi connectivity index (χ2v) is 6.16. The van der Waals surface area contributed by atoms with Crippen LogP contribution in [0.2, 0.25) is 10.0 Å². The molecule has 1 aromatic heterocycles. The van der Waals surface area contributed by atoms with Gasteiger partial charge in [0.15, 0.2) is 0 Å². The van der Waals surface area contributed by atoms with E-state index >= 15 is 0 Å². The first-order chi connectivity index (χ1) is 11.6. The summed E-state index contributed by atoms with van der Waals surface area (Å²) in [6, 6.07) is 13.3. The smallest absolute Gasteiger partial charge is 0.138 e. The van der Waals surface area contributed by atoms with Gasteiger partial charge in [0.25, 0.3) is 0 Å². The van der Waals surface area contributed by atoms with Crippen LogP contribution < -0.4 is 11.1 Å². The summed E-state index contributed by atoms with van der Waals surface area (Å²) in [7, 11) is 0. The Balaban J connectivity index is 2.08. The van der Waals surface area contributed by atoms with Crippen LogP contribution in [0.1, 0.15) is 11.1 Å². The lowest BCUT2D eigenvalue weighted by Gasteiger charge is -2.15. The van der Waals surface area contributed by atoms with E-state index in [1.165, 1.54) is 6.33 Å². The molecule has 0 spiro atoms. The molecule has 6 heteroatoms. The van der Waals surface area contributed by atoms with Crippen molar-refractivity contribution < 1.29 is 0 Å². The number of nitrogens with two attached hydrogens (primary N) is 1. The quantitative estimate of drug-likeness (QED) is 0.691. The molecule has 1 heterocycles. The first-order valence-electron chi connectivity index (χ1n) is 7.42. The van der Waals surface area contributed by atoms with E-state index in [4.69, 9.17) is 28.9 Å². The van der Waals surface area contributed by atoms with Crippen molar-refractivity contribution in [2.24, 2.45) is 5.73 Å². The minimum Gasteiger partial charge on any atom is -0.340 e. The fourth-order valence-electron chi connectivity index (χ4n) is 2.47. The van der Waals surface area contributed by atoms with Gasteiger partial charge < -0.3 is 11.1 Å². The van der Waals surface area contributed by atoms with Gasteiger partial charge in [0.05, 0.1) is 10.7 Å². The van der Waals surface area contributed by atoms with Crippen molar-refractivity contribution in [2.45, 2.75) is 13.5 Å². The summed E-state index contributed by atoms with van der Waals surface area (Å²) in [5.74, 6) is 0.669. The summed E-state index contributed by atoms with van der Waals surface area (Å²) in [4.78, 5) is 8.72. The van der Waals surface area contributed by atoms with Crippen LogP contribution in [-0.2, 0) is 6.54 Å². The predicted molar refractivity (Wildman–Crippen MR) is 99.8 cm³/mol. The van der Waals surface area contributed by atoms with E-state index in [1.807, 2.05) is 37.3 Å². The van der Waals surface area contributed by atoms with Crippen LogP contribution in [0, 0.1) is 6.92 Å². The van der Waals surface area contributed by atoms with Crippen molar-refractivity contribution in [1.29, 1.82) is 0 Å². The van der Waals surface area contributed by atoms with Gasteiger partial charge in [-0.15, -0.1) is 0 Å². The van der Waals surface area contributed by atoms with E-state index in [-0.39, 0.29) is 6.54 Å². The fourth-order valence-corrected chi connectivity index (χ4v) is 2.97. The molecular weight excluding hydrogens is 343 g/mol. The number of hydrogen-bond donors (Lipinski definition) is 2. The summed E-state index contributed by atoms with van der Waals surface area (Å²) >= 11 is 12.3. The van der Waals surface area contributed by atoms with Crippen LogP contribution in [0.3, 0.4) is 0 Å². The molecule has 24 heavy (non-hydrogen) atoms. The number of para-hydroxylation sites is 1. The molecule has 0 atom stereocenters. The molecule has 0 radical (unpaired) electrons. The van der Waals surface area contributed by atoms with Crippen molar-refractivity contribution in [1.82, 2.24) is 9.97 Å². The van der Waals surface area contributed by atoms with Crippen LogP contribution in [-0.4, -0.2) is 9.97 Å². The van der Waals surface area contributed by atoms with Gasteiger partial charge in [-0.3, -0.25) is 0 Å². The second kappa shape index (κ2) is 7.18. The van der Waals surface area contributed by atoms with E-state index in [0.29, 0.717) is 21.6 Å². The summed E-state index contributed by atoms with van der Waals surface area (Å²) in [6.45, 7) is 2.31. The molecule has 0 aliphatic heterocycles. The molecule has 3 aromatic rings. The van der Waals surface area contributed by atoms with Crippen LogP contribution in [0.15, 0.2) is 48.8 Å². The lowest BCUT2D eigenvalue weighted by Crippen LogP contribution is -2.08. The molecule has 0 amide bonds. The van der Waals surface area contributed by atoms with Crippen molar-refractivity contribution in [3.05, 3.63) is 70.0 Å². The third-order valence-electron chi connectivity index (χ3n) is 3.73. The van der Waals surface area contributed by atoms with Gasteiger partial charge in [-0.05, 0) is 36.8 Å². The Morgan fingerprint density at radius 2 is 1.88 bits per heavy atom. The van der Waals surface area contributed by atoms with Gasteiger partial charge in [-0.1, -0.05) is 41.4 Å². The Kier molecular flexibility index (Phi) is 5.00. The number of hydrogen-bond acceptors (Lipinski definition) is 4. The van der Waals surface area contributed by atoms with Crippen LogP contribution in [0.25, 0.3) is 11.3 Å². The summed E-state index contributed by atoms with van der Waals surface area (Å²) in [5.41, 5.74) is 10.3. The van der Waals surface area contributed by atoms with Gasteiger partial charge >= 0.3 is 0 Å². The Morgan fingerprint density at radius 1 is 1.08 bits per heavy atom. The SMILES string of the molecule is Cc1ccccc1Nc1ncnc(-c2ccc(Cl)cc2Cl)c1CN. The molecule has 0 bridgehead atoms. The molecule has 122 valence electrons. The molecule has 0 saturated carbocycles. The molecule has 0 unspecified atom stereocenters. The molecule has 0 fully saturated rings. The Labute approximate surface area is 150 Å². The number of rotatable bonds is 4. The molecule has 3 rings (SSSR count). The molecule has 4 nitrogen and oxygen atoms in total. The Bertz CT molecular complexity index is 881. The zero-order valence-corrected chi connectivity index (χ0v) is 14.6. The number of aryl methyl sites for hydroxylation is 1. The Hall–Kier alpha value is -2.14. The van der Waals surface area contributed by atoms with Gasteiger partial charge in [0, 0.05) is 28.4 Å². The van der Waals surface area contributed by atoms with Crippen molar-refractivity contribution in [3.8, 4) is 11.3 Å².